The van der Waals surface area contributed by atoms with Crippen LogP contribution in [0.25, 0.3) is 10.4 Å². The number of hydrogen-bond acceptors (Lipinski definition) is 2. The fourth-order valence-electron chi connectivity index (χ4n) is 1.25. The molecule has 62 valence electrons. The van der Waals surface area contributed by atoms with Crippen molar-refractivity contribution in [2.45, 2.75) is 18.4 Å². The molecular weight excluding hydrogens is 255 g/mol. The zero-order valence-electron chi connectivity index (χ0n) is 6.26. The molecule has 1 N–H and O–H groups in total. The van der Waals surface area contributed by atoms with Crippen molar-refractivity contribution >= 4 is 22.6 Å². The van der Waals surface area contributed by atoms with Gasteiger partial charge in [0.15, 0.2) is 0 Å². The molecule has 0 atom stereocenters. The van der Waals surface area contributed by atoms with Gasteiger partial charge in [0.05, 0.1) is 5.54 Å². The van der Waals surface area contributed by atoms with E-state index in [9.17, 15) is 0 Å². The number of rotatable bonds is 2. The summed E-state index contributed by atoms with van der Waals surface area (Å²) < 4.78 is 0.927. The van der Waals surface area contributed by atoms with Crippen LogP contribution in [0.2, 0.25) is 0 Å². The SMILES string of the molecule is [N-]=[N+]=NC1(CI)CCNCC1. The lowest BCUT2D eigenvalue weighted by molar-refractivity contribution is 0.347. The molecule has 1 aliphatic heterocycles. The van der Waals surface area contributed by atoms with E-state index < -0.39 is 0 Å². The first-order chi connectivity index (χ1) is 5.33. The molecule has 5 heteroatoms. The van der Waals surface area contributed by atoms with E-state index in [2.05, 4.69) is 37.9 Å². The van der Waals surface area contributed by atoms with Gasteiger partial charge in [0.2, 0.25) is 0 Å². The maximum absolute atomic E-state index is 8.35. The molecule has 0 aromatic heterocycles. The highest BCUT2D eigenvalue weighted by atomic mass is 127. The van der Waals surface area contributed by atoms with Crippen LogP contribution in [0.5, 0.6) is 0 Å². The minimum atomic E-state index is -0.0967. The minimum Gasteiger partial charge on any atom is -0.317 e. The van der Waals surface area contributed by atoms with E-state index in [0.29, 0.717) is 0 Å². The lowest BCUT2D eigenvalue weighted by Gasteiger charge is -2.31. The number of halogens is 1. The van der Waals surface area contributed by atoms with Gasteiger partial charge in [0.25, 0.3) is 0 Å². The molecule has 0 radical (unpaired) electrons. The second-order valence-electron chi connectivity index (χ2n) is 2.80. The lowest BCUT2D eigenvalue weighted by atomic mass is 9.92. The molecule has 0 amide bonds. The van der Waals surface area contributed by atoms with E-state index in [-0.39, 0.29) is 5.54 Å². The number of nitrogens with one attached hydrogen (secondary N) is 1. The van der Waals surface area contributed by atoms with Crippen molar-refractivity contribution in [2.75, 3.05) is 17.5 Å². The average Bonchev–Trinajstić information content (AvgIpc) is 2.07. The largest absolute Gasteiger partial charge is 0.317 e. The van der Waals surface area contributed by atoms with Crippen molar-refractivity contribution in [1.82, 2.24) is 5.32 Å². The Bertz CT molecular complexity index is 169. The van der Waals surface area contributed by atoms with Gasteiger partial charge in [-0.15, -0.1) is 0 Å². The zero-order valence-corrected chi connectivity index (χ0v) is 8.41. The molecule has 1 saturated heterocycles. The van der Waals surface area contributed by atoms with Crippen molar-refractivity contribution in [3.63, 3.8) is 0 Å². The Hall–Kier alpha value is 0.0000000000000000347. The summed E-state index contributed by atoms with van der Waals surface area (Å²) in [5, 5.41) is 7.11. The summed E-state index contributed by atoms with van der Waals surface area (Å²) in [6.45, 7) is 1.95. The van der Waals surface area contributed by atoms with Crippen LogP contribution >= 0.6 is 22.6 Å². The number of azide groups is 1. The van der Waals surface area contributed by atoms with Crippen molar-refractivity contribution < 1.29 is 0 Å². The Morgan fingerprint density at radius 3 is 2.64 bits per heavy atom. The topological polar surface area (TPSA) is 60.8 Å². The van der Waals surface area contributed by atoms with Gasteiger partial charge in [-0.1, -0.05) is 27.7 Å². The summed E-state index contributed by atoms with van der Waals surface area (Å²) in [5.41, 5.74) is 8.25. The first-order valence-electron chi connectivity index (χ1n) is 3.66. The number of hydrogen-bond donors (Lipinski definition) is 1. The maximum Gasteiger partial charge on any atom is 0.0601 e. The molecule has 0 saturated carbocycles. The van der Waals surface area contributed by atoms with Gasteiger partial charge < -0.3 is 5.32 Å². The first kappa shape index (κ1) is 9.09. The van der Waals surface area contributed by atoms with Gasteiger partial charge in [-0.2, -0.15) is 0 Å². The third-order valence-electron chi connectivity index (χ3n) is 2.04. The average molecular weight is 266 g/mol. The van der Waals surface area contributed by atoms with Crippen molar-refractivity contribution in [3.05, 3.63) is 10.4 Å². The predicted molar refractivity (Wildman–Crippen MR) is 52.9 cm³/mol. The Balaban J connectivity index is 2.64. The van der Waals surface area contributed by atoms with Gasteiger partial charge in [0, 0.05) is 9.34 Å². The molecule has 0 aromatic rings. The number of piperidine rings is 1. The Kier molecular flexibility index (Phi) is 3.42. The van der Waals surface area contributed by atoms with E-state index in [1.807, 2.05) is 0 Å². The fourth-order valence-corrected chi connectivity index (χ4v) is 2.16. The highest BCUT2D eigenvalue weighted by molar-refractivity contribution is 14.1. The van der Waals surface area contributed by atoms with Crippen LogP contribution in [0.3, 0.4) is 0 Å². The van der Waals surface area contributed by atoms with Gasteiger partial charge in [-0.3, -0.25) is 0 Å². The second kappa shape index (κ2) is 4.13. The van der Waals surface area contributed by atoms with Gasteiger partial charge in [0.1, 0.15) is 0 Å². The molecule has 0 aliphatic carbocycles. The lowest BCUT2D eigenvalue weighted by Crippen LogP contribution is -2.41. The van der Waals surface area contributed by atoms with Gasteiger partial charge in [-0.25, -0.2) is 0 Å². The Labute approximate surface area is 79.5 Å². The van der Waals surface area contributed by atoms with Crippen LogP contribution in [0, 0.1) is 0 Å². The van der Waals surface area contributed by atoms with Crippen LogP contribution in [0.15, 0.2) is 5.11 Å². The van der Waals surface area contributed by atoms with Crippen LogP contribution in [-0.4, -0.2) is 23.1 Å². The van der Waals surface area contributed by atoms with Crippen molar-refractivity contribution in [1.29, 1.82) is 0 Å². The summed E-state index contributed by atoms with van der Waals surface area (Å²) in [6.07, 6.45) is 1.94. The first-order valence-corrected chi connectivity index (χ1v) is 5.18. The summed E-state index contributed by atoms with van der Waals surface area (Å²) >= 11 is 2.29. The maximum atomic E-state index is 8.35. The highest BCUT2D eigenvalue weighted by Gasteiger charge is 2.29. The van der Waals surface area contributed by atoms with Gasteiger partial charge in [-0.05, 0) is 31.5 Å². The fraction of sp³-hybridized carbons (Fsp3) is 1.00. The molecule has 1 heterocycles. The standard InChI is InChI=1S/C6H11IN4/c7-5-6(10-11-8)1-3-9-4-2-6/h9H,1-5H2. The molecule has 1 aliphatic rings. The molecule has 0 bridgehead atoms. The molecule has 1 fully saturated rings. The smallest absolute Gasteiger partial charge is 0.0601 e. The summed E-state index contributed by atoms with van der Waals surface area (Å²) in [5.74, 6) is 0. The summed E-state index contributed by atoms with van der Waals surface area (Å²) in [4.78, 5) is 2.89. The number of alkyl halides is 1. The van der Waals surface area contributed by atoms with Crippen LogP contribution in [0.4, 0.5) is 0 Å². The van der Waals surface area contributed by atoms with Crippen LogP contribution < -0.4 is 5.32 Å². The summed E-state index contributed by atoms with van der Waals surface area (Å²) in [7, 11) is 0. The molecule has 4 nitrogen and oxygen atoms in total. The van der Waals surface area contributed by atoms with E-state index in [1.54, 1.807) is 0 Å². The molecule has 11 heavy (non-hydrogen) atoms. The number of nitrogens with zero attached hydrogens (tertiary/aromatic N) is 3. The van der Waals surface area contributed by atoms with Crippen LogP contribution in [-0.2, 0) is 0 Å². The van der Waals surface area contributed by atoms with E-state index in [0.717, 1.165) is 30.4 Å². The predicted octanol–water partition coefficient (Wildman–Crippen LogP) is 1.85. The highest BCUT2D eigenvalue weighted by Crippen LogP contribution is 2.25. The van der Waals surface area contributed by atoms with E-state index in [4.69, 9.17) is 5.53 Å². The van der Waals surface area contributed by atoms with Gasteiger partial charge >= 0.3 is 0 Å². The Morgan fingerprint density at radius 1 is 1.55 bits per heavy atom. The minimum absolute atomic E-state index is 0.0967. The molecule has 0 aromatic carbocycles. The molecule has 0 unspecified atom stereocenters. The summed E-state index contributed by atoms with van der Waals surface area (Å²) in [6, 6.07) is 0. The molecule has 1 rings (SSSR count). The zero-order chi connectivity index (χ0) is 8.16. The van der Waals surface area contributed by atoms with Crippen molar-refractivity contribution in [3.8, 4) is 0 Å². The molecule has 0 spiro atoms. The third kappa shape index (κ3) is 2.21. The Morgan fingerprint density at radius 2 is 2.18 bits per heavy atom. The van der Waals surface area contributed by atoms with E-state index in [1.165, 1.54) is 0 Å². The van der Waals surface area contributed by atoms with Crippen LogP contribution in [0.1, 0.15) is 12.8 Å². The third-order valence-corrected chi connectivity index (χ3v) is 3.46. The normalized spacial score (nSPS) is 22.3. The van der Waals surface area contributed by atoms with Crippen molar-refractivity contribution in [2.24, 2.45) is 5.11 Å². The van der Waals surface area contributed by atoms with E-state index >= 15 is 0 Å². The molecular formula is C6H11IN4. The monoisotopic (exact) mass is 266 g/mol. The quantitative estimate of drug-likeness (QED) is 0.268. The second-order valence-corrected chi connectivity index (χ2v) is 3.56.